The van der Waals surface area contributed by atoms with Crippen LogP contribution in [0, 0.1) is 5.92 Å². The molecule has 0 amide bonds. The third-order valence-corrected chi connectivity index (χ3v) is 2.72. The molecule has 0 unspecified atom stereocenters. The van der Waals surface area contributed by atoms with Gasteiger partial charge in [-0.1, -0.05) is 52.0 Å². The highest BCUT2D eigenvalue weighted by atomic mass is 16.5. The summed E-state index contributed by atoms with van der Waals surface area (Å²) >= 11 is 0. The molecule has 3 nitrogen and oxygen atoms in total. The topological polar surface area (TPSA) is 43.4 Å². The average molecular weight is 248 g/mol. The predicted molar refractivity (Wildman–Crippen MR) is 70.7 cm³/mol. The summed E-state index contributed by atoms with van der Waals surface area (Å²) < 4.78 is 4.91. The zero-order valence-electron chi connectivity index (χ0n) is 11.4. The van der Waals surface area contributed by atoms with Gasteiger partial charge in [-0.05, 0) is 11.5 Å². The summed E-state index contributed by atoms with van der Waals surface area (Å²) in [6.07, 6.45) is 0. The zero-order chi connectivity index (χ0) is 13.7. The Bertz CT molecular complexity index is 416. The number of hydrogen-bond acceptors (Lipinski definition) is 3. The number of rotatable bonds is 5. The first-order chi connectivity index (χ1) is 8.41. The van der Waals surface area contributed by atoms with Crippen molar-refractivity contribution in [2.45, 2.75) is 33.6 Å². The Morgan fingerprint density at radius 3 is 2.06 bits per heavy atom. The van der Waals surface area contributed by atoms with Gasteiger partial charge in [0.05, 0.1) is 5.92 Å². The van der Waals surface area contributed by atoms with E-state index in [1.807, 2.05) is 12.1 Å². The first-order valence-corrected chi connectivity index (χ1v) is 6.21. The number of hydrogen-bond donors (Lipinski definition) is 0. The first-order valence-electron chi connectivity index (χ1n) is 6.21. The summed E-state index contributed by atoms with van der Waals surface area (Å²) in [5.41, 5.74) is 1.77. The van der Waals surface area contributed by atoms with Crippen molar-refractivity contribution in [3.8, 4) is 0 Å². The van der Waals surface area contributed by atoms with Crippen molar-refractivity contribution in [2.24, 2.45) is 5.92 Å². The molecule has 98 valence electrons. The molecule has 0 saturated heterocycles. The SMILES string of the molecule is CC(C)C(=O)OCC(=O)c1ccc(C(C)C)cc1. The molecule has 0 spiro atoms. The van der Waals surface area contributed by atoms with Gasteiger partial charge in [0.15, 0.2) is 12.4 Å². The second-order valence-corrected chi connectivity index (χ2v) is 4.96. The maximum atomic E-state index is 11.8. The zero-order valence-corrected chi connectivity index (χ0v) is 11.4. The fourth-order valence-electron chi connectivity index (χ4n) is 1.44. The van der Waals surface area contributed by atoms with Crippen LogP contribution in [0.15, 0.2) is 24.3 Å². The summed E-state index contributed by atoms with van der Waals surface area (Å²) in [5.74, 6) is -0.282. The second-order valence-electron chi connectivity index (χ2n) is 4.96. The van der Waals surface area contributed by atoms with Crippen LogP contribution in [0.2, 0.25) is 0 Å². The van der Waals surface area contributed by atoms with Gasteiger partial charge in [0.1, 0.15) is 0 Å². The van der Waals surface area contributed by atoms with Gasteiger partial charge in [-0.15, -0.1) is 0 Å². The highest BCUT2D eigenvalue weighted by molar-refractivity contribution is 5.98. The molecule has 0 heterocycles. The van der Waals surface area contributed by atoms with E-state index in [1.54, 1.807) is 26.0 Å². The lowest BCUT2D eigenvalue weighted by Crippen LogP contribution is -2.17. The van der Waals surface area contributed by atoms with Crippen LogP contribution in [-0.2, 0) is 9.53 Å². The summed E-state index contributed by atoms with van der Waals surface area (Å²) in [6.45, 7) is 7.50. The Labute approximate surface area is 108 Å². The maximum absolute atomic E-state index is 11.8. The van der Waals surface area contributed by atoms with Crippen LogP contribution in [0.3, 0.4) is 0 Å². The minimum absolute atomic E-state index is 0.167. The van der Waals surface area contributed by atoms with E-state index in [9.17, 15) is 9.59 Å². The fraction of sp³-hybridized carbons (Fsp3) is 0.467. The molecule has 0 fully saturated rings. The van der Waals surface area contributed by atoms with E-state index in [2.05, 4.69) is 13.8 Å². The number of esters is 1. The minimum Gasteiger partial charge on any atom is -0.457 e. The summed E-state index contributed by atoms with van der Waals surface area (Å²) in [4.78, 5) is 23.0. The van der Waals surface area contributed by atoms with Gasteiger partial charge in [-0.25, -0.2) is 0 Å². The monoisotopic (exact) mass is 248 g/mol. The number of Topliss-reactive ketones (excluding diaryl/α,β-unsaturated/α-hetero) is 1. The van der Waals surface area contributed by atoms with Crippen LogP contribution in [0.5, 0.6) is 0 Å². The van der Waals surface area contributed by atoms with Gasteiger partial charge in [-0.3, -0.25) is 9.59 Å². The van der Waals surface area contributed by atoms with Gasteiger partial charge >= 0.3 is 5.97 Å². The number of carbonyl (C=O) groups excluding carboxylic acids is 2. The highest BCUT2D eigenvalue weighted by Gasteiger charge is 2.12. The lowest BCUT2D eigenvalue weighted by Gasteiger charge is -2.08. The van der Waals surface area contributed by atoms with Gasteiger partial charge in [0, 0.05) is 5.56 Å². The minimum atomic E-state index is -0.345. The standard InChI is InChI=1S/C15H20O3/c1-10(2)12-5-7-13(8-6-12)14(16)9-18-15(17)11(3)4/h5-8,10-11H,9H2,1-4H3. The number of ether oxygens (including phenoxy) is 1. The van der Waals surface area contributed by atoms with Crippen molar-refractivity contribution in [1.29, 1.82) is 0 Å². The van der Waals surface area contributed by atoms with E-state index in [0.29, 0.717) is 11.5 Å². The second kappa shape index (κ2) is 6.34. The van der Waals surface area contributed by atoms with Crippen LogP contribution < -0.4 is 0 Å². The fourth-order valence-corrected chi connectivity index (χ4v) is 1.44. The van der Waals surface area contributed by atoms with E-state index in [-0.39, 0.29) is 24.3 Å². The molecular formula is C15H20O3. The molecule has 18 heavy (non-hydrogen) atoms. The van der Waals surface area contributed by atoms with E-state index >= 15 is 0 Å². The average Bonchev–Trinajstić information content (AvgIpc) is 2.35. The van der Waals surface area contributed by atoms with Crippen molar-refractivity contribution in [2.75, 3.05) is 6.61 Å². The van der Waals surface area contributed by atoms with Crippen LogP contribution in [0.1, 0.15) is 49.5 Å². The Morgan fingerprint density at radius 1 is 1.06 bits per heavy atom. The Kier molecular flexibility index (Phi) is 5.08. The quantitative estimate of drug-likeness (QED) is 0.593. The highest BCUT2D eigenvalue weighted by Crippen LogP contribution is 2.15. The van der Waals surface area contributed by atoms with Crippen LogP contribution in [-0.4, -0.2) is 18.4 Å². The van der Waals surface area contributed by atoms with Crippen molar-refractivity contribution in [1.82, 2.24) is 0 Å². The normalized spacial score (nSPS) is 10.8. The molecule has 0 aliphatic heterocycles. The summed E-state index contributed by atoms with van der Waals surface area (Å²) in [6, 6.07) is 7.42. The molecule has 0 N–H and O–H groups in total. The van der Waals surface area contributed by atoms with Crippen LogP contribution in [0.25, 0.3) is 0 Å². The molecule has 0 atom stereocenters. The van der Waals surface area contributed by atoms with E-state index in [1.165, 1.54) is 5.56 Å². The molecule has 1 rings (SSSR count). The number of benzene rings is 1. The van der Waals surface area contributed by atoms with Crippen LogP contribution >= 0.6 is 0 Å². The predicted octanol–water partition coefficient (Wildman–Crippen LogP) is 3.19. The molecular weight excluding hydrogens is 228 g/mol. The third-order valence-electron chi connectivity index (χ3n) is 2.72. The molecule has 0 radical (unpaired) electrons. The Balaban J connectivity index is 2.59. The van der Waals surface area contributed by atoms with Crippen molar-refractivity contribution >= 4 is 11.8 Å². The smallest absolute Gasteiger partial charge is 0.308 e. The van der Waals surface area contributed by atoms with Gasteiger partial charge in [0.25, 0.3) is 0 Å². The van der Waals surface area contributed by atoms with Crippen molar-refractivity contribution in [3.63, 3.8) is 0 Å². The number of carbonyl (C=O) groups is 2. The third kappa shape index (κ3) is 3.99. The number of ketones is 1. The maximum Gasteiger partial charge on any atom is 0.308 e. The molecule has 0 aliphatic rings. The first kappa shape index (κ1) is 14.4. The van der Waals surface area contributed by atoms with E-state index in [0.717, 1.165) is 0 Å². The van der Waals surface area contributed by atoms with Gasteiger partial charge in [-0.2, -0.15) is 0 Å². The van der Waals surface area contributed by atoms with Crippen LogP contribution in [0.4, 0.5) is 0 Å². The molecule has 0 aromatic heterocycles. The summed E-state index contributed by atoms with van der Waals surface area (Å²) in [5, 5.41) is 0. The van der Waals surface area contributed by atoms with E-state index < -0.39 is 0 Å². The van der Waals surface area contributed by atoms with E-state index in [4.69, 9.17) is 4.74 Å². The molecule has 0 saturated carbocycles. The molecule has 3 heteroatoms. The summed E-state index contributed by atoms with van der Waals surface area (Å²) in [7, 11) is 0. The van der Waals surface area contributed by atoms with Gasteiger partial charge in [0.2, 0.25) is 0 Å². The molecule has 1 aromatic carbocycles. The molecule has 0 aliphatic carbocycles. The lowest BCUT2D eigenvalue weighted by atomic mass is 10.0. The lowest BCUT2D eigenvalue weighted by molar-refractivity contribution is -0.146. The Morgan fingerprint density at radius 2 is 1.61 bits per heavy atom. The van der Waals surface area contributed by atoms with Gasteiger partial charge < -0.3 is 4.74 Å². The van der Waals surface area contributed by atoms with Crippen molar-refractivity contribution < 1.29 is 14.3 Å². The molecule has 0 bridgehead atoms. The molecule has 1 aromatic rings. The van der Waals surface area contributed by atoms with Crippen molar-refractivity contribution in [3.05, 3.63) is 35.4 Å². The largest absolute Gasteiger partial charge is 0.457 e. The Hall–Kier alpha value is -1.64.